The van der Waals surface area contributed by atoms with Gasteiger partial charge >= 0.3 is 5.97 Å². The maximum atomic E-state index is 12.1. The first-order valence-corrected chi connectivity index (χ1v) is 9.23. The molecule has 136 valence electrons. The van der Waals surface area contributed by atoms with E-state index in [0.717, 1.165) is 0 Å². The lowest BCUT2D eigenvalue weighted by Gasteiger charge is -2.12. The van der Waals surface area contributed by atoms with Crippen LogP contribution in [0.5, 0.6) is 11.5 Å². The second-order valence-electron chi connectivity index (χ2n) is 5.04. The zero-order valence-corrected chi connectivity index (χ0v) is 17.3. The zero-order chi connectivity index (χ0) is 19.1. The Morgan fingerprint density at radius 2 is 1.92 bits per heavy atom. The minimum absolute atomic E-state index is 0.300. The van der Waals surface area contributed by atoms with Gasteiger partial charge < -0.3 is 9.47 Å². The highest BCUT2D eigenvalue weighted by Crippen LogP contribution is 2.36. The van der Waals surface area contributed by atoms with Crippen LogP contribution in [0.3, 0.4) is 0 Å². The van der Waals surface area contributed by atoms with E-state index in [9.17, 15) is 9.59 Å². The number of ether oxygens (including phenoxy) is 2. The van der Waals surface area contributed by atoms with E-state index in [1.54, 1.807) is 30.3 Å². The monoisotopic (exact) mass is 482 g/mol. The number of hydrogen-bond donors (Lipinski definition) is 1. The highest BCUT2D eigenvalue weighted by Gasteiger charge is 2.14. The van der Waals surface area contributed by atoms with Gasteiger partial charge in [0.1, 0.15) is 0 Å². The average Bonchev–Trinajstić information content (AvgIpc) is 2.58. The van der Waals surface area contributed by atoms with Gasteiger partial charge in [0.2, 0.25) is 0 Å². The van der Waals surface area contributed by atoms with E-state index in [2.05, 4.69) is 42.4 Å². The molecule has 1 amide bonds. The molecule has 2 aromatic carbocycles. The minimum atomic E-state index is -0.450. The second kappa shape index (κ2) is 9.49. The predicted octanol–water partition coefficient (Wildman–Crippen LogP) is 4.30. The third-order valence-corrected chi connectivity index (χ3v) is 4.36. The number of halogens is 2. The summed E-state index contributed by atoms with van der Waals surface area (Å²) in [6, 6.07) is 10.4. The molecule has 2 rings (SSSR count). The Bertz CT molecular complexity index is 853. The molecule has 26 heavy (non-hydrogen) atoms. The fraction of sp³-hybridized carbons (Fsp3) is 0.167. The van der Waals surface area contributed by atoms with E-state index >= 15 is 0 Å². The van der Waals surface area contributed by atoms with Crippen molar-refractivity contribution < 1.29 is 19.1 Å². The summed E-state index contributed by atoms with van der Waals surface area (Å²) in [7, 11) is 0. The van der Waals surface area contributed by atoms with E-state index in [1.165, 1.54) is 13.1 Å². The molecule has 0 aliphatic rings. The smallest absolute Gasteiger partial charge is 0.308 e. The molecular weight excluding hydrogens is 468 g/mol. The van der Waals surface area contributed by atoms with Crippen molar-refractivity contribution >= 4 is 50.0 Å². The SMILES string of the molecule is CCOc1cc(/C=N\NC(=O)c2ccccc2Br)cc(Br)c1OC(C)=O. The zero-order valence-electron chi connectivity index (χ0n) is 14.1. The van der Waals surface area contributed by atoms with Crippen molar-refractivity contribution in [2.45, 2.75) is 13.8 Å². The van der Waals surface area contributed by atoms with Crippen LogP contribution in [0, 0.1) is 0 Å². The van der Waals surface area contributed by atoms with Crippen LogP contribution in [0.2, 0.25) is 0 Å². The van der Waals surface area contributed by atoms with Gasteiger partial charge in [0.25, 0.3) is 5.91 Å². The van der Waals surface area contributed by atoms with Crippen LogP contribution in [0.15, 0.2) is 50.4 Å². The lowest BCUT2D eigenvalue weighted by Crippen LogP contribution is -2.18. The molecule has 1 N–H and O–H groups in total. The summed E-state index contributed by atoms with van der Waals surface area (Å²) in [6.07, 6.45) is 1.47. The molecule has 2 aromatic rings. The maximum absolute atomic E-state index is 12.1. The quantitative estimate of drug-likeness (QED) is 0.287. The summed E-state index contributed by atoms with van der Waals surface area (Å²) < 4.78 is 11.9. The Labute approximate surface area is 167 Å². The summed E-state index contributed by atoms with van der Waals surface area (Å²) in [5, 5.41) is 3.96. The molecule has 0 atom stereocenters. The molecule has 0 spiro atoms. The fourth-order valence-corrected chi connectivity index (χ4v) is 3.04. The van der Waals surface area contributed by atoms with Crippen molar-refractivity contribution in [2.24, 2.45) is 5.10 Å². The van der Waals surface area contributed by atoms with Gasteiger partial charge in [0.05, 0.1) is 22.9 Å². The van der Waals surface area contributed by atoms with Gasteiger partial charge in [-0.25, -0.2) is 5.43 Å². The van der Waals surface area contributed by atoms with Crippen molar-refractivity contribution in [3.63, 3.8) is 0 Å². The number of nitrogens with zero attached hydrogens (tertiary/aromatic N) is 1. The first kappa shape index (κ1) is 20.1. The molecule has 0 unspecified atom stereocenters. The molecule has 0 aliphatic heterocycles. The van der Waals surface area contributed by atoms with Gasteiger partial charge in [0.15, 0.2) is 11.5 Å². The Morgan fingerprint density at radius 3 is 2.58 bits per heavy atom. The second-order valence-corrected chi connectivity index (χ2v) is 6.74. The highest BCUT2D eigenvalue weighted by molar-refractivity contribution is 9.10. The summed E-state index contributed by atoms with van der Waals surface area (Å²) >= 11 is 6.67. The molecule has 0 aromatic heterocycles. The number of esters is 1. The molecule has 0 heterocycles. The molecule has 0 fully saturated rings. The van der Waals surface area contributed by atoms with Crippen molar-refractivity contribution in [3.05, 3.63) is 56.5 Å². The van der Waals surface area contributed by atoms with E-state index in [1.807, 2.05) is 13.0 Å². The number of rotatable bonds is 6. The lowest BCUT2D eigenvalue weighted by molar-refractivity contribution is -0.132. The Kier molecular flexibility index (Phi) is 7.35. The van der Waals surface area contributed by atoms with Crippen molar-refractivity contribution in [3.8, 4) is 11.5 Å². The summed E-state index contributed by atoms with van der Waals surface area (Å²) in [6.45, 7) is 3.54. The Morgan fingerprint density at radius 1 is 1.19 bits per heavy atom. The molecule has 0 saturated heterocycles. The number of carbonyl (C=O) groups is 2. The van der Waals surface area contributed by atoms with E-state index in [-0.39, 0.29) is 5.91 Å². The molecule has 0 radical (unpaired) electrons. The van der Waals surface area contributed by atoms with Crippen LogP contribution in [0.4, 0.5) is 0 Å². The molecule has 0 saturated carbocycles. The van der Waals surface area contributed by atoms with Crippen LogP contribution in [0.1, 0.15) is 29.8 Å². The number of carbonyl (C=O) groups excluding carboxylic acids is 2. The first-order chi connectivity index (χ1) is 12.4. The number of benzene rings is 2. The Balaban J connectivity index is 2.18. The summed E-state index contributed by atoms with van der Waals surface area (Å²) in [5.41, 5.74) is 3.60. The van der Waals surface area contributed by atoms with E-state index < -0.39 is 5.97 Å². The van der Waals surface area contributed by atoms with Crippen LogP contribution in [-0.4, -0.2) is 24.7 Å². The molecule has 8 heteroatoms. The normalized spacial score (nSPS) is 10.6. The fourth-order valence-electron chi connectivity index (χ4n) is 2.04. The summed E-state index contributed by atoms with van der Waals surface area (Å²) in [4.78, 5) is 23.4. The van der Waals surface area contributed by atoms with Gasteiger partial charge in [-0.15, -0.1) is 0 Å². The van der Waals surface area contributed by atoms with E-state index in [4.69, 9.17) is 9.47 Å². The van der Waals surface area contributed by atoms with Crippen LogP contribution >= 0.6 is 31.9 Å². The summed E-state index contributed by atoms with van der Waals surface area (Å²) in [5.74, 6) is -0.0902. The van der Waals surface area contributed by atoms with Gasteiger partial charge in [-0.2, -0.15) is 5.10 Å². The standard InChI is InChI=1S/C18H16Br2N2O4/c1-3-25-16-9-12(8-15(20)17(16)26-11(2)23)10-21-22-18(24)13-6-4-5-7-14(13)19/h4-10H,3H2,1-2H3,(H,22,24)/b21-10-. The topological polar surface area (TPSA) is 77.0 Å². The third kappa shape index (κ3) is 5.40. The van der Waals surface area contributed by atoms with Crippen LogP contribution < -0.4 is 14.9 Å². The molecular formula is C18H16Br2N2O4. The van der Waals surface area contributed by atoms with Crippen LogP contribution in [-0.2, 0) is 4.79 Å². The predicted molar refractivity (Wildman–Crippen MR) is 106 cm³/mol. The molecule has 0 bridgehead atoms. The number of amides is 1. The lowest BCUT2D eigenvalue weighted by atomic mass is 10.2. The number of hydrazone groups is 1. The van der Waals surface area contributed by atoms with Gasteiger partial charge in [-0.3, -0.25) is 9.59 Å². The number of hydrogen-bond acceptors (Lipinski definition) is 5. The largest absolute Gasteiger partial charge is 0.490 e. The van der Waals surface area contributed by atoms with Crippen molar-refractivity contribution in [2.75, 3.05) is 6.61 Å². The van der Waals surface area contributed by atoms with Gasteiger partial charge in [0, 0.05) is 11.4 Å². The van der Waals surface area contributed by atoms with E-state index in [0.29, 0.717) is 38.2 Å². The Hall–Kier alpha value is -2.19. The van der Waals surface area contributed by atoms with Crippen molar-refractivity contribution in [1.29, 1.82) is 0 Å². The first-order valence-electron chi connectivity index (χ1n) is 7.65. The number of nitrogens with one attached hydrogen (secondary N) is 1. The van der Waals surface area contributed by atoms with Crippen LogP contribution in [0.25, 0.3) is 0 Å². The van der Waals surface area contributed by atoms with Gasteiger partial charge in [-0.1, -0.05) is 12.1 Å². The van der Waals surface area contributed by atoms with Crippen molar-refractivity contribution in [1.82, 2.24) is 5.43 Å². The molecule has 0 aliphatic carbocycles. The molecule has 6 nitrogen and oxygen atoms in total. The average molecular weight is 484 g/mol. The minimum Gasteiger partial charge on any atom is -0.490 e. The third-order valence-electron chi connectivity index (χ3n) is 3.08. The maximum Gasteiger partial charge on any atom is 0.308 e. The van der Waals surface area contributed by atoms with Gasteiger partial charge in [-0.05, 0) is 68.6 Å². The highest BCUT2D eigenvalue weighted by atomic mass is 79.9.